The Hall–Kier alpha value is -2.61. The summed E-state index contributed by atoms with van der Waals surface area (Å²) >= 11 is 1.35. The molecule has 0 saturated heterocycles. The van der Waals surface area contributed by atoms with Gasteiger partial charge in [-0.05, 0) is 18.2 Å². The summed E-state index contributed by atoms with van der Waals surface area (Å²) in [6.07, 6.45) is 1.81. The zero-order valence-corrected chi connectivity index (χ0v) is 12.6. The smallest absolute Gasteiger partial charge is 0.267 e. The van der Waals surface area contributed by atoms with Crippen LogP contribution in [-0.2, 0) is 11.8 Å². The Labute approximate surface area is 129 Å². The van der Waals surface area contributed by atoms with Crippen LogP contribution in [0.4, 0.5) is 0 Å². The molecule has 0 unspecified atom stereocenters. The standard InChI is InChI=1S/C14H13N3O4S/c1-17-4-5-22-14(17)16-12(18)7-15-13(19)9-2-3-10-11(6-9)21-8-20-10/h2-6H,7-8H2,1H3,(H,15,19). The van der Waals surface area contributed by atoms with Crippen molar-refractivity contribution >= 4 is 23.2 Å². The van der Waals surface area contributed by atoms with Crippen LogP contribution in [0.1, 0.15) is 10.4 Å². The van der Waals surface area contributed by atoms with Crippen LogP contribution in [0.15, 0.2) is 34.8 Å². The highest BCUT2D eigenvalue weighted by Crippen LogP contribution is 2.32. The molecule has 2 amide bonds. The van der Waals surface area contributed by atoms with Gasteiger partial charge in [-0.25, -0.2) is 0 Å². The SMILES string of the molecule is Cn1ccsc1=NC(=O)CNC(=O)c1ccc2c(c1)OCO2. The molecule has 1 N–H and O–H groups in total. The molecule has 0 fully saturated rings. The number of ether oxygens (including phenoxy) is 2. The third-order valence-corrected chi connectivity index (χ3v) is 3.86. The maximum atomic E-state index is 12.0. The minimum absolute atomic E-state index is 0.148. The van der Waals surface area contributed by atoms with Gasteiger partial charge in [-0.15, -0.1) is 11.3 Å². The number of thiazole rings is 1. The fraction of sp³-hybridized carbons (Fsp3) is 0.214. The molecule has 1 aliphatic heterocycles. The van der Waals surface area contributed by atoms with Crippen LogP contribution < -0.4 is 19.6 Å². The van der Waals surface area contributed by atoms with Gasteiger partial charge in [0.15, 0.2) is 16.3 Å². The zero-order valence-electron chi connectivity index (χ0n) is 11.7. The Morgan fingerprint density at radius 2 is 2.18 bits per heavy atom. The van der Waals surface area contributed by atoms with Crippen molar-refractivity contribution in [3.63, 3.8) is 0 Å². The minimum Gasteiger partial charge on any atom is -0.454 e. The van der Waals surface area contributed by atoms with Crippen molar-refractivity contribution in [3.05, 3.63) is 40.1 Å². The van der Waals surface area contributed by atoms with Crippen molar-refractivity contribution in [2.75, 3.05) is 13.3 Å². The van der Waals surface area contributed by atoms with Gasteiger partial charge in [-0.3, -0.25) is 9.59 Å². The maximum Gasteiger partial charge on any atom is 0.267 e. The highest BCUT2D eigenvalue weighted by atomic mass is 32.1. The van der Waals surface area contributed by atoms with Gasteiger partial charge >= 0.3 is 0 Å². The number of carbonyl (C=O) groups excluding carboxylic acids is 2. The summed E-state index contributed by atoms with van der Waals surface area (Å²) in [7, 11) is 1.80. The molecule has 0 spiro atoms. The van der Waals surface area contributed by atoms with E-state index in [1.54, 1.807) is 29.8 Å². The topological polar surface area (TPSA) is 81.9 Å². The van der Waals surface area contributed by atoms with E-state index in [0.717, 1.165) is 0 Å². The number of nitrogens with zero attached hydrogens (tertiary/aromatic N) is 2. The van der Waals surface area contributed by atoms with Crippen LogP contribution >= 0.6 is 11.3 Å². The molecule has 2 aromatic rings. The second kappa shape index (κ2) is 6.02. The lowest BCUT2D eigenvalue weighted by Gasteiger charge is -2.03. The number of aryl methyl sites for hydroxylation is 1. The van der Waals surface area contributed by atoms with Crippen LogP contribution in [0.25, 0.3) is 0 Å². The number of hydrogen-bond donors (Lipinski definition) is 1. The third-order valence-electron chi connectivity index (χ3n) is 3.01. The second-order valence-electron chi connectivity index (χ2n) is 4.55. The van der Waals surface area contributed by atoms with Crippen molar-refractivity contribution in [1.29, 1.82) is 0 Å². The molecule has 7 nitrogen and oxygen atoms in total. The lowest BCUT2D eigenvalue weighted by Crippen LogP contribution is -2.29. The largest absolute Gasteiger partial charge is 0.454 e. The molecular formula is C14H13N3O4S. The van der Waals surface area contributed by atoms with Crippen LogP contribution in [0.2, 0.25) is 0 Å². The summed E-state index contributed by atoms with van der Waals surface area (Å²) < 4.78 is 12.1. The Kier molecular flexibility index (Phi) is 3.92. The van der Waals surface area contributed by atoms with Gasteiger partial charge in [0.05, 0.1) is 6.54 Å². The van der Waals surface area contributed by atoms with Gasteiger partial charge in [0.1, 0.15) is 0 Å². The van der Waals surface area contributed by atoms with Crippen molar-refractivity contribution in [1.82, 2.24) is 9.88 Å². The molecule has 22 heavy (non-hydrogen) atoms. The molecule has 1 aromatic carbocycles. The normalized spacial score (nSPS) is 13.2. The number of carbonyl (C=O) groups is 2. The number of hydrogen-bond acceptors (Lipinski definition) is 5. The zero-order chi connectivity index (χ0) is 15.5. The van der Waals surface area contributed by atoms with E-state index in [9.17, 15) is 9.59 Å². The molecule has 1 aromatic heterocycles. The first-order valence-corrected chi connectivity index (χ1v) is 7.37. The number of benzene rings is 1. The lowest BCUT2D eigenvalue weighted by molar-refractivity contribution is -0.117. The molecular weight excluding hydrogens is 306 g/mol. The van der Waals surface area contributed by atoms with E-state index in [4.69, 9.17) is 9.47 Å². The van der Waals surface area contributed by atoms with Crippen LogP contribution in [-0.4, -0.2) is 29.7 Å². The summed E-state index contributed by atoms with van der Waals surface area (Å²) in [4.78, 5) is 28.3. The Bertz CT molecular complexity index is 793. The monoisotopic (exact) mass is 319 g/mol. The fourth-order valence-corrected chi connectivity index (χ4v) is 2.62. The average molecular weight is 319 g/mol. The van der Waals surface area contributed by atoms with Crippen LogP contribution in [0.5, 0.6) is 11.5 Å². The van der Waals surface area contributed by atoms with E-state index in [2.05, 4.69) is 10.3 Å². The number of nitrogens with one attached hydrogen (secondary N) is 1. The average Bonchev–Trinajstić information content (AvgIpc) is 3.13. The first kappa shape index (κ1) is 14.3. The van der Waals surface area contributed by atoms with Gasteiger partial charge in [0, 0.05) is 24.2 Å². The van der Waals surface area contributed by atoms with E-state index < -0.39 is 5.91 Å². The lowest BCUT2D eigenvalue weighted by atomic mass is 10.2. The molecule has 0 bridgehead atoms. The van der Waals surface area contributed by atoms with Gasteiger partial charge < -0.3 is 19.4 Å². The first-order valence-electron chi connectivity index (χ1n) is 6.49. The Balaban J connectivity index is 1.63. The fourth-order valence-electron chi connectivity index (χ4n) is 1.88. The van der Waals surface area contributed by atoms with Gasteiger partial charge in [0.2, 0.25) is 6.79 Å². The molecule has 3 rings (SSSR count). The Morgan fingerprint density at radius 3 is 2.95 bits per heavy atom. The molecule has 0 radical (unpaired) electrons. The van der Waals surface area contributed by atoms with E-state index >= 15 is 0 Å². The van der Waals surface area contributed by atoms with Crippen molar-refractivity contribution in [3.8, 4) is 11.5 Å². The predicted octanol–water partition coefficient (Wildman–Crippen LogP) is 0.673. The quantitative estimate of drug-likeness (QED) is 0.901. The van der Waals surface area contributed by atoms with Crippen molar-refractivity contribution in [2.24, 2.45) is 12.0 Å². The number of fused-ring (bicyclic) bond motifs is 1. The second-order valence-corrected chi connectivity index (χ2v) is 5.43. The van der Waals surface area contributed by atoms with E-state index in [0.29, 0.717) is 21.9 Å². The van der Waals surface area contributed by atoms with E-state index in [1.807, 2.05) is 11.6 Å². The summed E-state index contributed by atoms with van der Waals surface area (Å²) in [6, 6.07) is 4.86. The van der Waals surface area contributed by atoms with Crippen LogP contribution in [0, 0.1) is 0 Å². The summed E-state index contributed by atoms with van der Waals surface area (Å²) in [6.45, 7) is -0.0131. The van der Waals surface area contributed by atoms with Gasteiger partial charge in [-0.1, -0.05) is 0 Å². The van der Waals surface area contributed by atoms with Gasteiger partial charge in [0.25, 0.3) is 11.8 Å². The first-order chi connectivity index (χ1) is 10.6. The molecule has 2 heterocycles. The predicted molar refractivity (Wildman–Crippen MR) is 78.8 cm³/mol. The summed E-state index contributed by atoms with van der Waals surface area (Å²) in [5.41, 5.74) is 0.402. The number of aromatic nitrogens is 1. The third kappa shape index (κ3) is 3.01. The van der Waals surface area contributed by atoms with E-state index in [1.165, 1.54) is 11.3 Å². The highest BCUT2D eigenvalue weighted by Gasteiger charge is 2.16. The number of rotatable bonds is 3. The Morgan fingerprint density at radius 1 is 1.36 bits per heavy atom. The summed E-state index contributed by atoms with van der Waals surface area (Å²) in [5, 5.41) is 4.37. The van der Waals surface area contributed by atoms with Gasteiger partial charge in [-0.2, -0.15) is 4.99 Å². The molecule has 0 saturated carbocycles. The number of amides is 2. The highest BCUT2D eigenvalue weighted by molar-refractivity contribution is 7.07. The van der Waals surface area contributed by atoms with Crippen molar-refractivity contribution < 1.29 is 19.1 Å². The molecule has 114 valence electrons. The van der Waals surface area contributed by atoms with Crippen LogP contribution in [0.3, 0.4) is 0 Å². The van der Waals surface area contributed by atoms with Crippen molar-refractivity contribution in [2.45, 2.75) is 0 Å². The van der Waals surface area contributed by atoms with E-state index in [-0.39, 0.29) is 19.2 Å². The molecule has 8 heteroatoms. The minimum atomic E-state index is -0.410. The molecule has 0 aliphatic carbocycles. The maximum absolute atomic E-state index is 12.0. The molecule has 0 atom stereocenters. The molecule has 1 aliphatic rings. The summed E-state index contributed by atoms with van der Waals surface area (Å²) in [5.74, 6) is 0.353.